The summed E-state index contributed by atoms with van der Waals surface area (Å²) in [4.78, 5) is 25.2. The molecule has 0 aromatic rings. The predicted octanol–water partition coefficient (Wildman–Crippen LogP) is 0.170. The summed E-state index contributed by atoms with van der Waals surface area (Å²) in [5, 5.41) is 12.4. The molecule has 2 N–H and O–H groups in total. The van der Waals surface area contributed by atoms with Crippen molar-refractivity contribution in [1.82, 2.24) is 10.2 Å². The molecule has 1 saturated heterocycles. The maximum Gasteiger partial charge on any atom is 0.249 e. The van der Waals surface area contributed by atoms with Crippen LogP contribution in [-0.2, 0) is 14.3 Å². The second-order valence-electron chi connectivity index (χ2n) is 5.16. The Bertz CT molecular complexity index is 389. The van der Waals surface area contributed by atoms with Gasteiger partial charge in [-0.1, -0.05) is 0 Å². The maximum atomic E-state index is 11.8. The van der Waals surface area contributed by atoms with Crippen molar-refractivity contribution in [2.75, 3.05) is 26.2 Å². The number of rotatable bonds is 6. The second kappa shape index (κ2) is 7.28. The number of aliphatic hydroxyl groups excluding tert-OH is 1. The average Bonchev–Trinajstić information content (AvgIpc) is 3.11. The Morgan fingerprint density at radius 1 is 1.40 bits per heavy atom. The molecular weight excluding hydrogens is 260 g/mol. The van der Waals surface area contributed by atoms with E-state index in [1.54, 1.807) is 4.90 Å². The first-order chi connectivity index (χ1) is 9.66. The van der Waals surface area contributed by atoms with E-state index in [1.165, 1.54) is 0 Å². The Hall–Kier alpha value is -1.56. The van der Waals surface area contributed by atoms with Gasteiger partial charge in [-0.05, 0) is 18.9 Å². The van der Waals surface area contributed by atoms with E-state index in [9.17, 15) is 14.7 Å². The predicted molar refractivity (Wildman–Crippen MR) is 72.7 cm³/mol. The van der Waals surface area contributed by atoms with Crippen LogP contribution in [0, 0.1) is 0 Å². The van der Waals surface area contributed by atoms with Crippen LogP contribution in [0.4, 0.5) is 0 Å². The lowest BCUT2D eigenvalue weighted by Crippen LogP contribution is -2.39. The summed E-state index contributed by atoms with van der Waals surface area (Å²) in [5.41, 5.74) is 0. The standard InChI is InChI=1S/C14H22N2O4/c17-12(10-13(18)16-7-1-2-8-16)14(19)15-6-5-11-4-3-9-20-11/h4,12,17H,1-3,5-10H2,(H,15,19)/t12-/m1/s1. The van der Waals surface area contributed by atoms with E-state index in [-0.39, 0.29) is 12.3 Å². The fourth-order valence-corrected chi connectivity index (χ4v) is 2.42. The summed E-state index contributed by atoms with van der Waals surface area (Å²) < 4.78 is 5.31. The van der Waals surface area contributed by atoms with E-state index in [0.29, 0.717) is 19.6 Å². The molecule has 0 radical (unpaired) electrons. The summed E-state index contributed by atoms with van der Waals surface area (Å²) in [7, 11) is 0. The molecule has 1 atom stereocenters. The Morgan fingerprint density at radius 2 is 2.15 bits per heavy atom. The lowest BCUT2D eigenvalue weighted by atomic mass is 10.2. The molecule has 0 aromatic heterocycles. The van der Waals surface area contributed by atoms with Crippen molar-refractivity contribution in [3.05, 3.63) is 11.8 Å². The van der Waals surface area contributed by atoms with Gasteiger partial charge in [0.15, 0.2) is 0 Å². The Balaban J connectivity index is 1.64. The first kappa shape index (κ1) is 14.8. The van der Waals surface area contributed by atoms with Crippen LogP contribution in [-0.4, -0.2) is 54.2 Å². The fourth-order valence-electron chi connectivity index (χ4n) is 2.42. The van der Waals surface area contributed by atoms with E-state index >= 15 is 0 Å². The molecule has 112 valence electrons. The van der Waals surface area contributed by atoms with Crippen molar-refractivity contribution in [2.24, 2.45) is 0 Å². The third kappa shape index (κ3) is 4.23. The Kier molecular flexibility index (Phi) is 5.40. The third-order valence-electron chi connectivity index (χ3n) is 3.58. The Morgan fingerprint density at radius 3 is 2.80 bits per heavy atom. The van der Waals surface area contributed by atoms with Crippen LogP contribution in [0.25, 0.3) is 0 Å². The molecule has 6 nitrogen and oxygen atoms in total. The molecule has 0 aliphatic carbocycles. The summed E-state index contributed by atoms with van der Waals surface area (Å²) in [6.07, 6.45) is 4.15. The van der Waals surface area contributed by atoms with Crippen LogP contribution in [0.3, 0.4) is 0 Å². The van der Waals surface area contributed by atoms with Gasteiger partial charge in [0.1, 0.15) is 6.10 Å². The first-order valence-corrected chi connectivity index (χ1v) is 7.22. The van der Waals surface area contributed by atoms with E-state index in [4.69, 9.17) is 4.74 Å². The first-order valence-electron chi connectivity index (χ1n) is 7.22. The molecule has 1 fully saturated rings. The number of amides is 2. The highest BCUT2D eigenvalue weighted by Gasteiger charge is 2.24. The quantitative estimate of drug-likeness (QED) is 0.728. The maximum absolute atomic E-state index is 11.8. The highest BCUT2D eigenvalue weighted by atomic mass is 16.5. The number of carbonyl (C=O) groups excluding carboxylic acids is 2. The average molecular weight is 282 g/mol. The molecule has 0 saturated carbocycles. The molecule has 0 bridgehead atoms. The lowest BCUT2D eigenvalue weighted by molar-refractivity contribution is -0.138. The molecular formula is C14H22N2O4. The lowest BCUT2D eigenvalue weighted by Gasteiger charge is -2.17. The van der Waals surface area contributed by atoms with Gasteiger partial charge in [0.25, 0.3) is 0 Å². The van der Waals surface area contributed by atoms with Crippen LogP contribution < -0.4 is 5.32 Å². The number of aliphatic hydroxyl groups is 1. The minimum atomic E-state index is -1.26. The normalized spacial score (nSPS) is 19.4. The van der Waals surface area contributed by atoms with E-state index < -0.39 is 12.0 Å². The minimum absolute atomic E-state index is 0.134. The van der Waals surface area contributed by atoms with Crippen molar-refractivity contribution < 1.29 is 19.4 Å². The summed E-state index contributed by atoms with van der Waals surface area (Å²) in [6, 6.07) is 0. The largest absolute Gasteiger partial charge is 0.498 e. The van der Waals surface area contributed by atoms with E-state index in [0.717, 1.165) is 38.1 Å². The van der Waals surface area contributed by atoms with Crippen molar-refractivity contribution in [1.29, 1.82) is 0 Å². The molecule has 0 aromatic carbocycles. The number of nitrogens with zero attached hydrogens (tertiary/aromatic N) is 1. The van der Waals surface area contributed by atoms with Crippen LogP contribution in [0.15, 0.2) is 11.8 Å². The minimum Gasteiger partial charge on any atom is -0.498 e. The van der Waals surface area contributed by atoms with Crippen molar-refractivity contribution in [3.63, 3.8) is 0 Å². The molecule has 2 aliphatic rings. The highest BCUT2D eigenvalue weighted by Crippen LogP contribution is 2.12. The fraction of sp³-hybridized carbons (Fsp3) is 0.714. The van der Waals surface area contributed by atoms with Crippen molar-refractivity contribution >= 4 is 11.8 Å². The van der Waals surface area contributed by atoms with E-state index in [2.05, 4.69) is 5.32 Å². The van der Waals surface area contributed by atoms with Crippen molar-refractivity contribution in [3.8, 4) is 0 Å². The molecule has 2 amide bonds. The third-order valence-corrected chi connectivity index (χ3v) is 3.58. The molecule has 6 heteroatoms. The monoisotopic (exact) mass is 282 g/mol. The number of nitrogens with one attached hydrogen (secondary N) is 1. The van der Waals surface area contributed by atoms with Crippen molar-refractivity contribution in [2.45, 2.75) is 38.2 Å². The van der Waals surface area contributed by atoms with Gasteiger partial charge in [-0.15, -0.1) is 0 Å². The second-order valence-corrected chi connectivity index (χ2v) is 5.16. The molecule has 2 aliphatic heterocycles. The van der Waals surface area contributed by atoms with Gasteiger partial charge < -0.3 is 20.1 Å². The number of hydrogen-bond donors (Lipinski definition) is 2. The SMILES string of the molecule is O=C(NCCC1=CCCO1)[C@H](O)CC(=O)N1CCCC1. The topological polar surface area (TPSA) is 78.9 Å². The van der Waals surface area contributed by atoms with Gasteiger partial charge in [0.2, 0.25) is 11.8 Å². The van der Waals surface area contributed by atoms with Gasteiger partial charge in [0, 0.05) is 32.5 Å². The smallest absolute Gasteiger partial charge is 0.249 e. The number of ether oxygens (including phenoxy) is 1. The molecule has 2 heterocycles. The zero-order valence-corrected chi connectivity index (χ0v) is 11.6. The number of carbonyl (C=O) groups is 2. The van der Waals surface area contributed by atoms with Gasteiger partial charge in [-0.2, -0.15) is 0 Å². The van der Waals surface area contributed by atoms with Crippen LogP contribution in [0.1, 0.15) is 32.1 Å². The van der Waals surface area contributed by atoms with E-state index in [1.807, 2.05) is 6.08 Å². The van der Waals surface area contributed by atoms with Gasteiger partial charge in [-0.3, -0.25) is 9.59 Å². The summed E-state index contributed by atoms with van der Waals surface area (Å²) >= 11 is 0. The molecule has 0 spiro atoms. The Labute approximate surface area is 118 Å². The number of likely N-dealkylation sites (tertiary alicyclic amines) is 1. The molecule has 0 unspecified atom stereocenters. The summed E-state index contributed by atoms with van der Waals surface area (Å²) in [6.45, 7) is 2.59. The van der Waals surface area contributed by atoms with Gasteiger partial charge in [-0.25, -0.2) is 0 Å². The van der Waals surface area contributed by atoms with Crippen LogP contribution in [0.2, 0.25) is 0 Å². The zero-order chi connectivity index (χ0) is 14.4. The van der Waals surface area contributed by atoms with Gasteiger partial charge in [0.05, 0.1) is 18.8 Å². The van der Waals surface area contributed by atoms with Gasteiger partial charge >= 0.3 is 0 Å². The highest BCUT2D eigenvalue weighted by molar-refractivity contribution is 5.87. The van der Waals surface area contributed by atoms with Crippen LogP contribution in [0.5, 0.6) is 0 Å². The zero-order valence-electron chi connectivity index (χ0n) is 11.6. The number of hydrogen-bond acceptors (Lipinski definition) is 4. The molecule has 20 heavy (non-hydrogen) atoms. The summed E-state index contributed by atoms with van der Waals surface area (Å²) in [5.74, 6) is 0.246. The molecule has 2 rings (SSSR count). The van der Waals surface area contributed by atoms with Crippen LogP contribution >= 0.6 is 0 Å².